The van der Waals surface area contributed by atoms with Crippen molar-refractivity contribution in [1.29, 1.82) is 0 Å². The highest BCUT2D eigenvalue weighted by Crippen LogP contribution is 2.36. The zero-order valence-corrected chi connectivity index (χ0v) is 22.5. The molecule has 1 aromatic carbocycles. The molecule has 2 aliphatic rings. The second-order valence-electron chi connectivity index (χ2n) is 11.4. The molecule has 37 heavy (non-hydrogen) atoms. The fraction of sp³-hybridized carbons (Fsp3) is 0.500. The van der Waals surface area contributed by atoms with Crippen molar-refractivity contribution >= 4 is 41.9 Å². The minimum atomic E-state index is -0.533. The summed E-state index contributed by atoms with van der Waals surface area (Å²) in [4.78, 5) is 30.8. The van der Waals surface area contributed by atoms with Crippen LogP contribution in [0.25, 0.3) is 0 Å². The molecule has 2 fully saturated rings. The molecule has 0 bridgehead atoms. The summed E-state index contributed by atoms with van der Waals surface area (Å²) in [6, 6.07) is 10.6. The Morgan fingerprint density at radius 3 is 2.24 bits per heavy atom. The molecule has 0 spiro atoms. The average Bonchev–Trinajstić information content (AvgIpc) is 2.96. The van der Waals surface area contributed by atoms with Crippen LogP contribution < -0.4 is 26.3 Å². The van der Waals surface area contributed by atoms with Crippen molar-refractivity contribution in [3.8, 4) is 0 Å². The fourth-order valence-electron chi connectivity index (χ4n) is 3.92. The van der Waals surface area contributed by atoms with E-state index in [0.29, 0.717) is 24.6 Å². The maximum Gasteiger partial charge on any atom is 0.494 e. The Morgan fingerprint density at radius 2 is 1.65 bits per heavy atom. The molecule has 2 aromatic rings. The Labute approximate surface area is 218 Å². The van der Waals surface area contributed by atoms with E-state index in [0.717, 1.165) is 11.2 Å². The van der Waals surface area contributed by atoms with E-state index in [1.807, 2.05) is 78.8 Å². The number of nitrogens with one attached hydrogen (secondary N) is 3. The predicted molar refractivity (Wildman–Crippen MR) is 144 cm³/mol. The number of amides is 3. The number of ether oxygens (including phenoxy) is 1. The van der Waals surface area contributed by atoms with Crippen molar-refractivity contribution in [1.82, 2.24) is 10.3 Å². The number of hydrogen-bond acceptors (Lipinski definition) is 7. The summed E-state index contributed by atoms with van der Waals surface area (Å²) < 4.78 is 17.5. The second kappa shape index (κ2) is 9.87. The summed E-state index contributed by atoms with van der Waals surface area (Å²) in [5.74, 6) is 0.424. The predicted octanol–water partition coefficient (Wildman–Crippen LogP) is 3.74. The summed E-state index contributed by atoms with van der Waals surface area (Å²) in [6.07, 6.45) is 1.22. The molecule has 4 rings (SSSR count). The number of alkyl carbamates (subject to hydrolysis) is 1. The van der Waals surface area contributed by atoms with Crippen molar-refractivity contribution in [2.75, 3.05) is 28.6 Å². The van der Waals surface area contributed by atoms with Crippen molar-refractivity contribution in [2.24, 2.45) is 0 Å². The van der Waals surface area contributed by atoms with Gasteiger partial charge in [-0.3, -0.25) is 5.32 Å². The van der Waals surface area contributed by atoms with Gasteiger partial charge < -0.3 is 29.6 Å². The van der Waals surface area contributed by atoms with Gasteiger partial charge in [0.2, 0.25) is 0 Å². The minimum Gasteiger partial charge on any atom is -0.444 e. The summed E-state index contributed by atoms with van der Waals surface area (Å²) in [5, 5.41) is 8.45. The van der Waals surface area contributed by atoms with Gasteiger partial charge in [-0.25, -0.2) is 14.6 Å². The van der Waals surface area contributed by atoms with E-state index in [4.69, 9.17) is 14.0 Å². The number of pyridine rings is 1. The third-order valence-corrected chi connectivity index (χ3v) is 6.65. The van der Waals surface area contributed by atoms with Crippen LogP contribution in [0, 0.1) is 0 Å². The van der Waals surface area contributed by atoms with Crippen molar-refractivity contribution < 1.29 is 23.6 Å². The summed E-state index contributed by atoms with van der Waals surface area (Å²) in [6.45, 7) is 14.8. The lowest BCUT2D eigenvalue weighted by atomic mass is 9.79. The fourth-order valence-corrected chi connectivity index (χ4v) is 3.92. The number of hydrogen-bond donors (Lipinski definition) is 3. The topological polar surface area (TPSA) is 114 Å². The largest absolute Gasteiger partial charge is 0.494 e. The van der Waals surface area contributed by atoms with Gasteiger partial charge in [-0.2, -0.15) is 0 Å². The van der Waals surface area contributed by atoms with E-state index in [9.17, 15) is 9.59 Å². The standard InChI is InChI=1S/C26H36BN5O5/c1-24(2,3)35-23(34)30-19-15-32(16-19)20-12-13-28-21(14-20)31-22(33)29-18-10-8-17(9-11-18)27-36-25(4,5)26(6,7)37-27/h8-14,19H,15-16H2,1-7H3,(H,30,34)(H2,28,29,31,33). The molecular weight excluding hydrogens is 473 g/mol. The first-order chi connectivity index (χ1) is 17.2. The van der Waals surface area contributed by atoms with E-state index in [1.54, 1.807) is 12.3 Å². The summed E-state index contributed by atoms with van der Waals surface area (Å²) in [5.41, 5.74) is 1.05. The maximum absolute atomic E-state index is 12.6. The molecule has 0 unspecified atom stereocenters. The number of urea groups is 1. The lowest BCUT2D eigenvalue weighted by molar-refractivity contribution is 0.00578. The number of nitrogens with zero attached hydrogens (tertiary/aromatic N) is 2. The van der Waals surface area contributed by atoms with Gasteiger partial charge in [0.1, 0.15) is 11.4 Å². The zero-order valence-electron chi connectivity index (χ0n) is 22.5. The third kappa shape index (κ3) is 6.53. The van der Waals surface area contributed by atoms with Gasteiger partial charge in [-0.15, -0.1) is 0 Å². The Balaban J connectivity index is 1.27. The molecule has 11 heteroatoms. The molecule has 2 aliphatic heterocycles. The van der Waals surface area contributed by atoms with Crippen LogP contribution in [0.15, 0.2) is 42.6 Å². The van der Waals surface area contributed by atoms with Crippen LogP contribution in [-0.4, -0.2) is 60.2 Å². The molecule has 3 heterocycles. The first-order valence-electron chi connectivity index (χ1n) is 12.4. The SMILES string of the molecule is CC(C)(C)OC(=O)NC1CN(c2ccnc(NC(=O)Nc3ccc(B4OC(C)(C)C(C)(C)O4)cc3)c2)C1. The normalized spacial score (nSPS) is 18.7. The van der Waals surface area contributed by atoms with Gasteiger partial charge in [-0.1, -0.05) is 12.1 Å². The van der Waals surface area contributed by atoms with Crippen LogP contribution in [0.1, 0.15) is 48.5 Å². The molecule has 0 aliphatic carbocycles. The molecule has 0 radical (unpaired) electrons. The molecule has 10 nitrogen and oxygen atoms in total. The lowest BCUT2D eigenvalue weighted by Gasteiger charge is -2.41. The van der Waals surface area contributed by atoms with Gasteiger partial charge in [0.15, 0.2) is 0 Å². The molecule has 0 saturated carbocycles. The van der Waals surface area contributed by atoms with Crippen LogP contribution in [0.3, 0.4) is 0 Å². The second-order valence-corrected chi connectivity index (χ2v) is 11.4. The first kappa shape index (κ1) is 26.7. The Hall–Kier alpha value is -3.31. The number of carbonyl (C=O) groups is 2. The van der Waals surface area contributed by atoms with E-state index < -0.39 is 36.0 Å². The summed E-state index contributed by atoms with van der Waals surface area (Å²) >= 11 is 0. The highest BCUT2D eigenvalue weighted by molar-refractivity contribution is 6.62. The maximum atomic E-state index is 12.6. The van der Waals surface area contributed by atoms with E-state index >= 15 is 0 Å². The highest BCUT2D eigenvalue weighted by Gasteiger charge is 2.51. The van der Waals surface area contributed by atoms with E-state index in [-0.39, 0.29) is 6.04 Å². The van der Waals surface area contributed by atoms with Crippen LogP contribution in [-0.2, 0) is 14.0 Å². The first-order valence-corrected chi connectivity index (χ1v) is 12.4. The van der Waals surface area contributed by atoms with Crippen molar-refractivity contribution in [2.45, 2.75) is 71.3 Å². The molecule has 3 amide bonds. The lowest BCUT2D eigenvalue weighted by Crippen LogP contribution is -2.60. The van der Waals surface area contributed by atoms with Crippen LogP contribution in [0.5, 0.6) is 0 Å². The molecule has 3 N–H and O–H groups in total. The molecule has 2 saturated heterocycles. The van der Waals surface area contributed by atoms with Gasteiger partial charge in [0.25, 0.3) is 0 Å². The average molecular weight is 509 g/mol. The number of anilines is 3. The Bertz CT molecular complexity index is 1130. The Morgan fingerprint density at radius 1 is 1.03 bits per heavy atom. The highest BCUT2D eigenvalue weighted by atomic mass is 16.7. The molecular formula is C26H36BN5O5. The van der Waals surface area contributed by atoms with E-state index in [2.05, 4.69) is 25.8 Å². The molecule has 1 aromatic heterocycles. The minimum absolute atomic E-state index is 0.00266. The quantitative estimate of drug-likeness (QED) is 0.527. The summed E-state index contributed by atoms with van der Waals surface area (Å²) in [7, 11) is -0.458. The number of benzene rings is 1. The number of carbonyl (C=O) groups excluding carboxylic acids is 2. The number of rotatable bonds is 5. The van der Waals surface area contributed by atoms with Gasteiger partial charge >= 0.3 is 19.2 Å². The van der Waals surface area contributed by atoms with Crippen LogP contribution >= 0.6 is 0 Å². The van der Waals surface area contributed by atoms with E-state index in [1.165, 1.54) is 0 Å². The monoisotopic (exact) mass is 509 g/mol. The van der Waals surface area contributed by atoms with Crippen molar-refractivity contribution in [3.63, 3.8) is 0 Å². The van der Waals surface area contributed by atoms with Crippen LogP contribution in [0.2, 0.25) is 0 Å². The smallest absolute Gasteiger partial charge is 0.444 e. The van der Waals surface area contributed by atoms with Gasteiger partial charge in [0.05, 0.1) is 17.2 Å². The van der Waals surface area contributed by atoms with Crippen LogP contribution in [0.4, 0.5) is 26.8 Å². The molecule has 0 atom stereocenters. The molecule has 198 valence electrons. The van der Waals surface area contributed by atoms with Crippen molar-refractivity contribution in [3.05, 3.63) is 42.6 Å². The third-order valence-electron chi connectivity index (χ3n) is 6.65. The Kier molecular flexibility index (Phi) is 7.13. The number of aromatic nitrogens is 1. The zero-order chi connectivity index (χ0) is 27.0. The van der Waals surface area contributed by atoms with Gasteiger partial charge in [0, 0.05) is 36.7 Å². The van der Waals surface area contributed by atoms with Gasteiger partial charge in [-0.05, 0) is 72.1 Å².